The highest BCUT2D eigenvalue weighted by Crippen LogP contribution is 2.09. The first-order valence-corrected chi connectivity index (χ1v) is 3.22. The molecule has 10 heavy (non-hydrogen) atoms. The van der Waals surface area contributed by atoms with Gasteiger partial charge in [0.2, 0.25) is 0 Å². The highest BCUT2D eigenvalue weighted by molar-refractivity contribution is 5.85. The molecule has 1 saturated heterocycles. The number of alkyl halides is 1. The smallest absolute Gasteiger partial charge is 0.139 e. The molecule has 0 spiro atoms. The first-order valence-electron chi connectivity index (χ1n) is 3.22. The summed E-state index contributed by atoms with van der Waals surface area (Å²) in [7, 11) is 1.56. The van der Waals surface area contributed by atoms with Crippen LogP contribution in [0.25, 0.3) is 0 Å². The second-order valence-corrected chi connectivity index (χ2v) is 2.28. The summed E-state index contributed by atoms with van der Waals surface area (Å²) in [5.41, 5.74) is 0. The molecule has 0 radical (unpaired) electrons. The van der Waals surface area contributed by atoms with E-state index in [1.807, 2.05) is 0 Å². The van der Waals surface area contributed by atoms with Gasteiger partial charge in [-0.15, -0.1) is 12.4 Å². The Kier molecular flexibility index (Phi) is 4.95. The number of nitrogens with one attached hydrogen (secondary N) is 1. The summed E-state index contributed by atoms with van der Waals surface area (Å²) < 4.78 is 17.5. The summed E-state index contributed by atoms with van der Waals surface area (Å²) >= 11 is 0. The lowest BCUT2D eigenvalue weighted by Crippen LogP contribution is -2.42. The molecule has 2 atom stereocenters. The summed E-state index contributed by atoms with van der Waals surface area (Å²) in [4.78, 5) is 0. The fraction of sp³-hybridized carbons (Fsp3) is 1.00. The Morgan fingerprint density at radius 1 is 1.60 bits per heavy atom. The Morgan fingerprint density at radius 2 is 2.30 bits per heavy atom. The van der Waals surface area contributed by atoms with Gasteiger partial charge in [-0.2, -0.15) is 0 Å². The van der Waals surface area contributed by atoms with Crippen LogP contribution < -0.4 is 5.32 Å². The van der Waals surface area contributed by atoms with E-state index in [9.17, 15) is 4.39 Å². The van der Waals surface area contributed by atoms with Gasteiger partial charge in [-0.1, -0.05) is 0 Å². The van der Waals surface area contributed by atoms with Gasteiger partial charge in [-0.25, -0.2) is 4.39 Å². The third-order valence-electron chi connectivity index (χ3n) is 1.65. The van der Waals surface area contributed by atoms with Gasteiger partial charge in [0.1, 0.15) is 6.17 Å². The number of hydrogen-bond acceptors (Lipinski definition) is 2. The van der Waals surface area contributed by atoms with Crippen molar-refractivity contribution in [3.63, 3.8) is 0 Å². The SMILES string of the molecule is CO[C@@H]1CCNC[C@H]1F.Cl. The molecule has 1 heterocycles. The molecule has 0 bridgehead atoms. The lowest BCUT2D eigenvalue weighted by Gasteiger charge is -2.24. The van der Waals surface area contributed by atoms with Crippen LogP contribution in [0, 0.1) is 0 Å². The summed E-state index contributed by atoms with van der Waals surface area (Å²) in [5.74, 6) is 0. The first kappa shape index (κ1) is 10.1. The summed E-state index contributed by atoms with van der Waals surface area (Å²) in [5, 5.41) is 2.94. The van der Waals surface area contributed by atoms with Crippen LogP contribution in [0.2, 0.25) is 0 Å². The molecule has 1 N–H and O–H groups in total. The minimum Gasteiger partial charge on any atom is -0.378 e. The van der Waals surface area contributed by atoms with E-state index in [-0.39, 0.29) is 18.5 Å². The third-order valence-corrected chi connectivity index (χ3v) is 1.65. The molecule has 0 amide bonds. The van der Waals surface area contributed by atoms with E-state index in [2.05, 4.69) is 5.32 Å². The standard InChI is InChI=1S/C6H12FNO.ClH/c1-9-6-2-3-8-4-5(6)7;/h5-6,8H,2-4H2,1H3;1H/t5-,6-;/m1./s1. The molecule has 0 aromatic carbocycles. The molecule has 0 aromatic rings. The predicted octanol–water partition coefficient (Wildman–Crippen LogP) is 0.755. The maximum atomic E-state index is 12.7. The zero-order chi connectivity index (χ0) is 6.69. The van der Waals surface area contributed by atoms with Crippen LogP contribution in [0.4, 0.5) is 4.39 Å². The topological polar surface area (TPSA) is 21.3 Å². The van der Waals surface area contributed by atoms with E-state index in [0.29, 0.717) is 6.54 Å². The van der Waals surface area contributed by atoms with E-state index in [1.165, 1.54) is 0 Å². The van der Waals surface area contributed by atoms with E-state index >= 15 is 0 Å². The van der Waals surface area contributed by atoms with Crippen LogP contribution in [0.5, 0.6) is 0 Å². The maximum Gasteiger partial charge on any atom is 0.139 e. The van der Waals surface area contributed by atoms with Crippen molar-refractivity contribution in [1.82, 2.24) is 5.32 Å². The molecule has 1 fully saturated rings. The molecule has 62 valence electrons. The minimum absolute atomic E-state index is 0. The zero-order valence-electron chi connectivity index (χ0n) is 5.97. The lowest BCUT2D eigenvalue weighted by molar-refractivity contribution is 0.0132. The largest absolute Gasteiger partial charge is 0.378 e. The Morgan fingerprint density at radius 3 is 2.70 bits per heavy atom. The number of methoxy groups -OCH3 is 1. The van der Waals surface area contributed by atoms with Crippen LogP contribution in [-0.2, 0) is 4.74 Å². The van der Waals surface area contributed by atoms with E-state index in [0.717, 1.165) is 13.0 Å². The van der Waals surface area contributed by atoms with Gasteiger partial charge in [0.15, 0.2) is 0 Å². The molecule has 4 heteroatoms. The van der Waals surface area contributed by atoms with E-state index in [1.54, 1.807) is 7.11 Å². The molecule has 0 saturated carbocycles. The minimum atomic E-state index is -0.816. The highest BCUT2D eigenvalue weighted by Gasteiger charge is 2.23. The Hall–Kier alpha value is 0.140. The van der Waals surface area contributed by atoms with E-state index in [4.69, 9.17) is 4.74 Å². The average Bonchev–Trinajstić information content (AvgIpc) is 1.89. The lowest BCUT2D eigenvalue weighted by atomic mass is 10.1. The Balaban J connectivity index is 0.000000810. The summed E-state index contributed by atoms with van der Waals surface area (Å²) in [6, 6.07) is 0. The van der Waals surface area contributed by atoms with E-state index < -0.39 is 6.17 Å². The highest BCUT2D eigenvalue weighted by atomic mass is 35.5. The molecule has 1 aliphatic rings. The van der Waals surface area contributed by atoms with Gasteiger partial charge in [-0.05, 0) is 13.0 Å². The molecule has 0 aromatic heterocycles. The van der Waals surface area contributed by atoms with Gasteiger partial charge in [-0.3, -0.25) is 0 Å². The molecule has 1 aliphatic heterocycles. The number of hydrogen-bond donors (Lipinski definition) is 1. The second kappa shape index (κ2) is 4.88. The molecule has 0 unspecified atom stereocenters. The van der Waals surface area contributed by atoms with Crippen molar-refractivity contribution in [3.05, 3.63) is 0 Å². The fourth-order valence-electron chi connectivity index (χ4n) is 1.06. The number of rotatable bonds is 1. The number of ether oxygens (including phenoxy) is 1. The second-order valence-electron chi connectivity index (χ2n) is 2.28. The van der Waals surface area contributed by atoms with Crippen molar-refractivity contribution in [1.29, 1.82) is 0 Å². The molecule has 2 nitrogen and oxygen atoms in total. The van der Waals surface area contributed by atoms with Crippen molar-refractivity contribution in [2.75, 3.05) is 20.2 Å². The van der Waals surface area contributed by atoms with Gasteiger partial charge in [0, 0.05) is 13.7 Å². The molecular formula is C6H13ClFNO. The van der Waals surface area contributed by atoms with Crippen LogP contribution >= 0.6 is 12.4 Å². The normalized spacial score (nSPS) is 33.0. The maximum absolute atomic E-state index is 12.7. The van der Waals surface area contributed by atoms with Gasteiger partial charge < -0.3 is 10.1 Å². The molecule has 0 aliphatic carbocycles. The quantitative estimate of drug-likeness (QED) is 0.626. The molecule has 1 rings (SSSR count). The van der Waals surface area contributed by atoms with Crippen molar-refractivity contribution < 1.29 is 9.13 Å². The van der Waals surface area contributed by atoms with Gasteiger partial charge in [0.25, 0.3) is 0 Å². The zero-order valence-corrected chi connectivity index (χ0v) is 6.79. The van der Waals surface area contributed by atoms with Crippen molar-refractivity contribution in [2.45, 2.75) is 18.7 Å². The predicted molar refractivity (Wildman–Crippen MR) is 40.4 cm³/mol. The van der Waals surface area contributed by atoms with Crippen molar-refractivity contribution in [2.24, 2.45) is 0 Å². The number of piperidine rings is 1. The van der Waals surface area contributed by atoms with Crippen LogP contribution in [0.15, 0.2) is 0 Å². The summed E-state index contributed by atoms with van der Waals surface area (Å²) in [6.07, 6.45) is -0.201. The first-order chi connectivity index (χ1) is 4.34. The monoisotopic (exact) mass is 169 g/mol. The van der Waals surface area contributed by atoms with Crippen LogP contribution in [0.1, 0.15) is 6.42 Å². The third kappa shape index (κ3) is 2.40. The Bertz CT molecular complexity index is 93.8. The average molecular weight is 170 g/mol. The van der Waals surface area contributed by atoms with Gasteiger partial charge in [0.05, 0.1) is 6.10 Å². The van der Waals surface area contributed by atoms with Crippen molar-refractivity contribution >= 4 is 12.4 Å². The van der Waals surface area contributed by atoms with Crippen LogP contribution in [-0.4, -0.2) is 32.5 Å². The van der Waals surface area contributed by atoms with Gasteiger partial charge >= 0.3 is 0 Å². The number of halogens is 2. The van der Waals surface area contributed by atoms with Crippen molar-refractivity contribution in [3.8, 4) is 0 Å². The molecular weight excluding hydrogens is 157 g/mol. The Labute approximate surface area is 66.5 Å². The van der Waals surface area contributed by atoms with Crippen LogP contribution in [0.3, 0.4) is 0 Å². The summed E-state index contributed by atoms with van der Waals surface area (Å²) in [6.45, 7) is 1.32. The fourth-order valence-corrected chi connectivity index (χ4v) is 1.06.